The van der Waals surface area contributed by atoms with Crippen LogP contribution in [0.4, 0.5) is 0 Å². The molecule has 0 fully saturated rings. The maximum absolute atomic E-state index is 5.43. The Balaban J connectivity index is 1.76. The predicted molar refractivity (Wildman–Crippen MR) is 88.8 cm³/mol. The zero-order chi connectivity index (χ0) is 15.1. The molecular formula is C17H21N3OS. The van der Waals surface area contributed by atoms with Crippen LogP contribution in [0.1, 0.15) is 57.1 Å². The third kappa shape index (κ3) is 2.09. The van der Waals surface area contributed by atoms with Crippen LogP contribution in [0.5, 0.6) is 5.88 Å². The average molecular weight is 315 g/mol. The summed E-state index contributed by atoms with van der Waals surface area (Å²) in [6.45, 7) is 2.25. The molecule has 116 valence electrons. The van der Waals surface area contributed by atoms with E-state index in [0.717, 1.165) is 17.0 Å². The first-order valence-electron chi connectivity index (χ1n) is 8.18. The molecule has 1 aliphatic carbocycles. The Bertz CT molecular complexity index is 668. The van der Waals surface area contributed by atoms with Crippen LogP contribution >= 0.6 is 11.8 Å². The molecule has 2 aliphatic heterocycles. The van der Waals surface area contributed by atoms with Gasteiger partial charge in [0.15, 0.2) is 0 Å². The second kappa shape index (κ2) is 5.69. The molecule has 2 atom stereocenters. The first-order valence-corrected chi connectivity index (χ1v) is 9.06. The van der Waals surface area contributed by atoms with Gasteiger partial charge in [-0.15, -0.1) is 0 Å². The van der Waals surface area contributed by atoms with Gasteiger partial charge in [-0.1, -0.05) is 30.7 Å². The van der Waals surface area contributed by atoms with Gasteiger partial charge in [0.25, 0.3) is 0 Å². The lowest BCUT2D eigenvalue weighted by Crippen LogP contribution is -2.21. The highest BCUT2D eigenvalue weighted by Gasteiger charge is 2.44. The van der Waals surface area contributed by atoms with Crippen LogP contribution in [0, 0.1) is 0 Å². The molecule has 0 spiro atoms. The van der Waals surface area contributed by atoms with Gasteiger partial charge in [-0.05, 0) is 37.7 Å². The molecule has 4 nitrogen and oxygen atoms in total. The number of fused-ring (bicyclic) bond motifs is 4. The monoisotopic (exact) mass is 315 g/mol. The largest absolute Gasteiger partial charge is 0.480 e. The van der Waals surface area contributed by atoms with Gasteiger partial charge in [-0.3, -0.25) is 4.99 Å². The molecule has 0 N–H and O–H groups in total. The van der Waals surface area contributed by atoms with Crippen molar-refractivity contribution in [3.05, 3.63) is 23.2 Å². The highest BCUT2D eigenvalue weighted by atomic mass is 32.2. The summed E-state index contributed by atoms with van der Waals surface area (Å²) in [6, 6.07) is 0. The summed E-state index contributed by atoms with van der Waals surface area (Å²) in [6.07, 6.45) is 8.87. The number of ether oxygens (including phenoxy) is 1. The Kier molecular flexibility index (Phi) is 3.68. The molecule has 0 amide bonds. The van der Waals surface area contributed by atoms with Crippen LogP contribution in [-0.4, -0.2) is 28.2 Å². The van der Waals surface area contributed by atoms with E-state index < -0.39 is 0 Å². The normalized spacial score (nSPS) is 25.6. The molecule has 0 saturated heterocycles. The maximum Gasteiger partial charge on any atom is 0.230 e. The first kappa shape index (κ1) is 14.2. The molecule has 0 saturated carbocycles. The highest BCUT2D eigenvalue weighted by molar-refractivity contribution is 8.00. The number of rotatable bonds is 4. The predicted octanol–water partition coefficient (Wildman–Crippen LogP) is 4.13. The number of unbranched alkanes of at least 4 members (excludes halogenated alkanes) is 1. The van der Waals surface area contributed by atoms with Crippen LogP contribution in [0.3, 0.4) is 0 Å². The number of hydrogen-bond acceptors (Lipinski definition) is 5. The van der Waals surface area contributed by atoms with Crippen LogP contribution < -0.4 is 4.74 Å². The van der Waals surface area contributed by atoms with E-state index in [2.05, 4.69) is 16.9 Å². The minimum atomic E-state index is 0.240. The van der Waals surface area contributed by atoms with E-state index in [1.165, 1.54) is 37.8 Å². The summed E-state index contributed by atoms with van der Waals surface area (Å²) >= 11 is 1.79. The third-order valence-electron chi connectivity index (χ3n) is 4.84. The van der Waals surface area contributed by atoms with Crippen molar-refractivity contribution in [2.75, 3.05) is 7.11 Å². The fourth-order valence-electron chi connectivity index (χ4n) is 3.84. The zero-order valence-corrected chi connectivity index (χ0v) is 13.9. The molecule has 22 heavy (non-hydrogen) atoms. The van der Waals surface area contributed by atoms with Crippen molar-refractivity contribution in [3.8, 4) is 5.88 Å². The van der Waals surface area contributed by atoms with E-state index in [9.17, 15) is 0 Å². The van der Waals surface area contributed by atoms with Gasteiger partial charge in [-0.25, -0.2) is 9.97 Å². The molecule has 3 aliphatic rings. The lowest BCUT2D eigenvalue weighted by atomic mass is 9.87. The topological polar surface area (TPSA) is 47.4 Å². The van der Waals surface area contributed by atoms with Crippen molar-refractivity contribution in [2.24, 2.45) is 4.99 Å². The van der Waals surface area contributed by atoms with Gasteiger partial charge in [0, 0.05) is 5.71 Å². The third-order valence-corrected chi connectivity index (χ3v) is 6.08. The van der Waals surface area contributed by atoms with Crippen molar-refractivity contribution >= 4 is 17.5 Å². The zero-order valence-electron chi connectivity index (χ0n) is 13.1. The molecule has 1 aromatic heterocycles. The first-order chi connectivity index (χ1) is 10.8. The van der Waals surface area contributed by atoms with Gasteiger partial charge < -0.3 is 4.74 Å². The van der Waals surface area contributed by atoms with Crippen molar-refractivity contribution in [3.63, 3.8) is 0 Å². The van der Waals surface area contributed by atoms with Crippen LogP contribution in [0.2, 0.25) is 0 Å². The van der Waals surface area contributed by atoms with Crippen molar-refractivity contribution < 1.29 is 4.74 Å². The Hall–Kier alpha value is -1.36. The number of thioether (sulfide) groups is 1. The van der Waals surface area contributed by atoms with E-state index in [4.69, 9.17) is 9.73 Å². The summed E-state index contributed by atoms with van der Waals surface area (Å²) in [5.41, 5.74) is 5.64. The number of allylic oxidation sites excluding steroid dienone is 1. The Morgan fingerprint density at radius 2 is 2.23 bits per heavy atom. The lowest BCUT2D eigenvalue weighted by Gasteiger charge is -2.26. The van der Waals surface area contributed by atoms with Crippen molar-refractivity contribution in [1.29, 1.82) is 0 Å². The smallest absolute Gasteiger partial charge is 0.230 e. The van der Waals surface area contributed by atoms with E-state index >= 15 is 0 Å². The van der Waals surface area contributed by atoms with Crippen LogP contribution in [0.15, 0.2) is 27.4 Å². The van der Waals surface area contributed by atoms with Gasteiger partial charge in [0.05, 0.1) is 23.6 Å². The highest BCUT2D eigenvalue weighted by Crippen LogP contribution is 2.56. The SMILES string of the molecule is CCCCC1=N[C@@H]2Sc3c(OC)ncnc3[C@@H]2C2=C1CCC2. The number of aliphatic imine (C=N–C) groups is 1. The molecule has 0 unspecified atom stereocenters. The fraction of sp³-hybridized carbons (Fsp3) is 0.588. The Labute approximate surface area is 135 Å². The van der Waals surface area contributed by atoms with Gasteiger partial charge >= 0.3 is 0 Å². The number of nitrogens with zero attached hydrogens (tertiary/aromatic N) is 3. The van der Waals surface area contributed by atoms with Gasteiger partial charge in [0.1, 0.15) is 11.7 Å². The van der Waals surface area contributed by atoms with Crippen molar-refractivity contribution in [2.45, 2.75) is 61.6 Å². The van der Waals surface area contributed by atoms with Crippen LogP contribution in [-0.2, 0) is 0 Å². The molecular weight excluding hydrogens is 294 g/mol. The summed E-state index contributed by atoms with van der Waals surface area (Å²) in [5, 5.41) is 0.240. The Morgan fingerprint density at radius 1 is 1.32 bits per heavy atom. The molecule has 3 heterocycles. The Morgan fingerprint density at radius 3 is 3.05 bits per heavy atom. The summed E-state index contributed by atoms with van der Waals surface area (Å²) in [4.78, 5) is 15.1. The van der Waals surface area contributed by atoms with E-state index in [1.54, 1.807) is 36.3 Å². The van der Waals surface area contributed by atoms with Gasteiger partial charge in [-0.2, -0.15) is 0 Å². The summed E-state index contributed by atoms with van der Waals surface area (Å²) in [7, 11) is 1.68. The molecule has 5 heteroatoms. The standard InChI is InChI=1S/C17H21N3OS/c1-3-4-8-12-10-6-5-7-11(10)13-14-15(22-17(13)20-12)16(21-2)19-9-18-14/h9,13,17H,3-8H2,1-2H3/t13-,17+/m0/s1. The van der Waals surface area contributed by atoms with E-state index in [-0.39, 0.29) is 5.37 Å². The molecule has 1 aromatic rings. The minimum absolute atomic E-state index is 0.240. The quantitative estimate of drug-likeness (QED) is 0.838. The molecule has 4 rings (SSSR count). The fourth-order valence-corrected chi connectivity index (χ4v) is 5.23. The van der Waals surface area contributed by atoms with Gasteiger partial charge in [0.2, 0.25) is 5.88 Å². The van der Waals surface area contributed by atoms with E-state index in [0.29, 0.717) is 11.8 Å². The number of aromatic nitrogens is 2. The minimum Gasteiger partial charge on any atom is -0.480 e. The van der Waals surface area contributed by atoms with E-state index in [1.807, 2.05) is 0 Å². The summed E-state index contributed by atoms with van der Waals surface area (Å²) < 4.78 is 5.43. The molecule has 0 aromatic carbocycles. The molecule has 0 bridgehead atoms. The maximum atomic E-state index is 5.43. The second-order valence-electron chi connectivity index (χ2n) is 6.12. The number of methoxy groups -OCH3 is 1. The number of dihydropyridines is 1. The average Bonchev–Trinajstić information content (AvgIpc) is 3.15. The van der Waals surface area contributed by atoms with Crippen molar-refractivity contribution in [1.82, 2.24) is 9.97 Å². The molecule has 0 radical (unpaired) electrons. The number of hydrogen-bond donors (Lipinski definition) is 0. The second-order valence-corrected chi connectivity index (χ2v) is 7.25. The van der Waals surface area contributed by atoms with Crippen LogP contribution in [0.25, 0.3) is 0 Å². The lowest BCUT2D eigenvalue weighted by molar-refractivity contribution is 0.384. The summed E-state index contributed by atoms with van der Waals surface area (Å²) in [5.74, 6) is 1.05.